The first kappa shape index (κ1) is 23.5. The van der Waals surface area contributed by atoms with E-state index in [1.165, 1.54) is 37.5 Å². The smallest absolute Gasteiger partial charge is 0.343 e. The third-order valence-corrected chi connectivity index (χ3v) is 3.92. The molecule has 0 heterocycles. The van der Waals surface area contributed by atoms with Crippen LogP contribution < -0.4 is 23.7 Å². The Labute approximate surface area is 180 Å². The number of carbonyl (C=O) groups is 1. The predicted molar refractivity (Wildman–Crippen MR) is 114 cm³/mol. The number of carbonyl (C=O) groups excluding carboxylic acids is 1. The number of rotatable bonds is 11. The maximum absolute atomic E-state index is 12.8. The Kier molecular flexibility index (Phi) is 8.68. The van der Waals surface area contributed by atoms with Gasteiger partial charge in [0.25, 0.3) is 0 Å². The number of methoxy groups -OCH3 is 1. The molecule has 0 aliphatic rings. The second-order valence-corrected chi connectivity index (χ2v) is 6.00. The second-order valence-electron chi connectivity index (χ2n) is 6.00. The van der Waals surface area contributed by atoms with E-state index in [0.717, 1.165) is 6.20 Å². The highest BCUT2D eigenvalue weighted by Crippen LogP contribution is 2.39. The monoisotopic (exact) mass is 431 g/mol. The van der Waals surface area contributed by atoms with Crippen LogP contribution in [0.3, 0.4) is 0 Å². The third kappa shape index (κ3) is 6.36. The van der Waals surface area contributed by atoms with Crippen molar-refractivity contribution in [3.05, 3.63) is 57.8 Å². The van der Waals surface area contributed by atoms with Crippen molar-refractivity contribution in [1.29, 1.82) is 0 Å². The first-order valence-corrected chi connectivity index (χ1v) is 9.71. The topological polar surface area (TPSA) is 106 Å². The normalized spacial score (nSPS) is 10.6. The molecule has 0 saturated heterocycles. The molecule has 166 valence electrons. The summed E-state index contributed by atoms with van der Waals surface area (Å²) in [6.45, 7) is 6.62. The summed E-state index contributed by atoms with van der Waals surface area (Å²) in [4.78, 5) is 22.8. The Morgan fingerprint density at radius 1 is 0.935 bits per heavy atom. The maximum Gasteiger partial charge on any atom is 0.343 e. The fourth-order valence-corrected chi connectivity index (χ4v) is 2.68. The van der Waals surface area contributed by atoms with Crippen molar-refractivity contribution in [3.63, 3.8) is 0 Å². The maximum atomic E-state index is 12.8. The molecule has 2 aromatic carbocycles. The fourth-order valence-electron chi connectivity index (χ4n) is 2.68. The van der Waals surface area contributed by atoms with Gasteiger partial charge in [-0.15, -0.1) is 0 Å². The Bertz CT molecular complexity index is 928. The number of hydrogen-bond donors (Lipinski definition) is 0. The molecule has 2 aromatic rings. The van der Waals surface area contributed by atoms with E-state index < -0.39 is 10.9 Å². The molecule has 0 fully saturated rings. The van der Waals surface area contributed by atoms with E-state index in [-0.39, 0.29) is 17.1 Å². The number of hydrogen-bond acceptors (Lipinski definition) is 8. The molecule has 0 N–H and O–H groups in total. The first-order valence-electron chi connectivity index (χ1n) is 9.71. The highest BCUT2D eigenvalue weighted by molar-refractivity contribution is 5.93. The number of ether oxygens (including phenoxy) is 5. The van der Waals surface area contributed by atoms with Gasteiger partial charge in [0.05, 0.1) is 37.4 Å². The molecule has 31 heavy (non-hydrogen) atoms. The standard InChI is InChI=1S/C22H25NO8/c1-5-28-19-13-16(14-20(29-6-2)21(19)30-7-3)22(24)31-17-9-8-15(10-11-23(25)26)12-18(17)27-4/h8-14H,5-7H2,1-4H3. The molecule has 0 aromatic heterocycles. The molecule has 0 amide bonds. The molecule has 9 nitrogen and oxygen atoms in total. The summed E-state index contributed by atoms with van der Waals surface area (Å²) in [6, 6.07) is 7.65. The SMILES string of the molecule is CCOc1cc(C(=O)Oc2ccc(C=C[N+](=O)[O-])cc2OC)cc(OCC)c1OCC. The zero-order chi connectivity index (χ0) is 22.8. The summed E-state index contributed by atoms with van der Waals surface area (Å²) >= 11 is 0. The molecule has 0 atom stereocenters. The van der Waals surface area contributed by atoms with Gasteiger partial charge in [-0.05, 0) is 50.6 Å². The van der Waals surface area contributed by atoms with Gasteiger partial charge in [-0.3, -0.25) is 10.1 Å². The van der Waals surface area contributed by atoms with Crippen LogP contribution in [0.25, 0.3) is 6.08 Å². The fraction of sp³-hybridized carbons (Fsp3) is 0.318. The molecule has 0 radical (unpaired) electrons. The van der Waals surface area contributed by atoms with Gasteiger partial charge in [0.1, 0.15) is 0 Å². The molecule has 0 spiro atoms. The van der Waals surface area contributed by atoms with Crippen LogP contribution in [0, 0.1) is 10.1 Å². The highest BCUT2D eigenvalue weighted by atomic mass is 16.6. The predicted octanol–water partition coefficient (Wildman–Crippen LogP) is 4.36. The van der Waals surface area contributed by atoms with E-state index in [4.69, 9.17) is 23.7 Å². The lowest BCUT2D eigenvalue weighted by atomic mass is 10.1. The summed E-state index contributed by atoms with van der Waals surface area (Å²) in [5, 5.41) is 10.5. The number of benzene rings is 2. The van der Waals surface area contributed by atoms with E-state index >= 15 is 0 Å². The van der Waals surface area contributed by atoms with E-state index in [1.54, 1.807) is 6.07 Å². The van der Waals surface area contributed by atoms with Crippen molar-refractivity contribution in [2.24, 2.45) is 0 Å². The molecule has 2 rings (SSSR count). The number of esters is 1. The van der Waals surface area contributed by atoms with Crippen LogP contribution in [0.5, 0.6) is 28.7 Å². The lowest BCUT2D eigenvalue weighted by Crippen LogP contribution is -2.11. The quantitative estimate of drug-likeness (QED) is 0.224. The molecular weight excluding hydrogens is 406 g/mol. The molecule has 9 heteroatoms. The minimum Gasteiger partial charge on any atom is -0.493 e. The Morgan fingerprint density at radius 3 is 2.06 bits per heavy atom. The highest BCUT2D eigenvalue weighted by Gasteiger charge is 2.20. The van der Waals surface area contributed by atoms with Gasteiger partial charge in [-0.1, -0.05) is 6.07 Å². The van der Waals surface area contributed by atoms with Crippen LogP contribution >= 0.6 is 0 Å². The lowest BCUT2D eigenvalue weighted by molar-refractivity contribution is -0.400. The van der Waals surface area contributed by atoms with Gasteiger partial charge in [-0.2, -0.15) is 0 Å². The average molecular weight is 431 g/mol. The van der Waals surface area contributed by atoms with Crippen LogP contribution in [0.4, 0.5) is 0 Å². The van der Waals surface area contributed by atoms with E-state index in [1.807, 2.05) is 20.8 Å². The van der Waals surface area contributed by atoms with Gasteiger partial charge in [0.2, 0.25) is 11.9 Å². The zero-order valence-electron chi connectivity index (χ0n) is 17.9. The Balaban J connectivity index is 2.37. The summed E-state index contributed by atoms with van der Waals surface area (Å²) < 4.78 is 27.6. The molecule has 0 saturated carbocycles. The largest absolute Gasteiger partial charge is 0.493 e. The lowest BCUT2D eigenvalue weighted by Gasteiger charge is -2.17. The van der Waals surface area contributed by atoms with Gasteiger partial charge in [0.15, 0.2) is 23.0 Å². The zero-order valence-corrected chi connectivity index (χ0v) is 17.9. The van der Waals surface area contributed by atoms with E-state index in [0.29, 0.717) is 42.6 Å². The van der Waals surface area contributed by atoms with Gasteiger partial charge >= 0.3 is 5.97 Å². The van der Waals surface area contributed by atoms with Crippen LogP contribution in [-0.4, -0.2) is 37.8 Å². The van der Waals surface area contributed by atoms with Crippen LogP contribution in [0.2, 0.25) is 0 Å². The summed E-state index contributed by atoms with van der Waals surface area (Å²) in [6.07, 6.45) is 2.12. The van der Waals surface area contributed by atoms with Crippen molar-refractivity contribution in [2.45, 2.75) is 20.8 Å². The third-order valence-electron chi connectivity index (χ3n) is 3.92. The molecule has 0 aliphatic carbocycles. The summed E-state index contributed by atoms with van der Waals surface area (Å²) in [5.74, 6) is 0.915. The van der Waals surface area contributed by atoms with Crippen LogP contribution in [0.1, 0.15) is 36.7 Å². The molecule has 0 aliphatic heterocycles. The van der Waals surface area contributed by atoms with Gasteiger partial charge in [0, 0.05) is 6.08 Å². The first-order chi connectivity index (χ1) is 14.9. The van der Waals surface area contributed by atoms with Crippen molar-refractivity contribution < 1.29 is 33.4 Å². The van der Waals surface area contributed by atoms with E-state index in [9.17, 15) is 14.9 Å². The van der Waals surface area contributed by atoms with Crippen molar-refractivity contribution in [2.75, 3.05) is 26.9 Å². The van der Waals surface area contributed by atoms with Gasteiger partial charge in [-0.25, -0.2) is 4.79 Å². The number of nitro groups is 1. The Hall–Kier alpha value is -3.75. The number of nitrogens with zero attached hydrogens (tertiary/aromatic N) is 1. The minimum absolute atomic E-state index is 0.163. The van der Waals surface area contributed by atoms with Crippen molar-refractivity contribution >= 4 is 12.0 Å². The molecule has 0 bridgehead atoms. The Morgan fingerprint density at radius 2 is 1.55 bits per heavy atom. The summed E-state index contributed by atoms with van der Waals surface area (Å²) in [5.41, 5.74) is 0.724. The molecule has 0 unspecified atom stereocenters. The van der Waals surface area contributed by atoms with Crippen LogP contribution in [-0.2, 0) is 0 Å². The minimum atomic E-state index is -0.656. The van der Waals surface area contributed by atoms with Crippen molar-refractivity contribution in [3.8, 4) is 28.7 Å². The van der Waals surface area contributed by atoms with Crippen LogP contribution in [0.15, 0.2) is 36.5 Å². The molecular formula is C22H25NO8. The van der Waals surface area contributed by atoms with Gasteiger partial charge < -0.3 is 23.7 Å². The summed E-state index contributed by atoms with van der Waals surface area (Å²) in [7, 11) is 1.41. The van der Waals surface area contributed by atoms with E-state index in [2.05, 4.69) is 0 Å². The second kappa shape index (κ2) is 11.4. The average Bonchev–Trinajstić information content (AvgIpc) is 2.75. The van der Waals surface area contributed by atoms with Crippen molar-refractivity contribution in [1.82, 2.24) is 0 Å².